The van der Waals surface area contributed by atoms with E-state index >= 15 is 0 Å². The predicted octanol–water partition coefficient (Wildman–Crippen LogP) is 1.82. The first-order chi connectivity index (χ1) is 7.70. The smallest absolute Gasteiger partial charge is 0.105 e. The summed E-state index contributed by atoms with van der Waals surface area (Å²) in [6.07, 6.45) is 2.54. The highest BCUT2D eigenvalue weighted by Crippen LogP contribution is 2.18. The summed E-state index contributed by atoms with van der Waals surface area (Å²) in [5.41, 5.74) is 2.22. The van der Waals surface area contributed by atoms with E-state index in [0.29, 0.717) is 0 Å². The van der Waals surface area contributed by atoms with Crippen molar-refractivity contribution < 1.29 is 4.42 Å². The number of nitrogens with zero attached hydrogens (tertiary/aromatic N) is 2. The van der Waals surface area contributed by atoms with Gasteiger partial charge in [-0.3, -0.25) is 4.68 Å². The van der Waals surface area contributed by atoms with Gasteiger partial charge in [-0.05, 0) is 32.2 Å². The van der Waals surface area contributed by atoms with Crippen molar-refractivity contribution in [2.45, 2.75) is 19.4 Å². The fraction of sp³-hybridized carbons (Fsp3) is 0.417. The van der Waals surface area contributed by atoms with Gasteiger partial charge in [-0.25, -0.2) is 0 Å². The number of likely N-dealkylation sites (N-methyl/N-ethyl adjacent to an activating group) is 1. The summed E-state index contributed by atoms with van der Waals surface area (Å²) in [7, 11) is 3.92. The van der Waals surface area contributed by atoms with Gasteiger partial charge < -0.3 is 9.73 Å². The molecule has 2 rings (SSSR count). The van der Waals surface area contributed by atoms with E-state index in [1.54, 1.807) is 6.26 Å². The van der Waals surface area contributed by atoms with Crippen LogP contribution in [0.3, 0.4) is 0 Å². The molecule has 0 saturated carbocycles. The van der Waals surface area contributed by atoms with E-state index < -0.39 is 0 Å². The molecule has 0 aliphatic heterocycles. The molecule has 2 heterocycles. The molecular formula is C12H17N3O. The molecule has 4 heteroatoms. The van der Waals surface area contributed by atoms with Crippen LogP contribution in [0.2, 0.25) is 0 Å². The summed E-state index contributed by atoms with van der Waals surface area (Å²) in [6, 6.07) is 6.24. The van der Waals surface area contributed by atoms with Crippen molar-refractivity contribution in [3.05, 3.63) is 41.6 Å². The first kappa shape index (κ1) is 11.0. The van der Waals surface area contributed by atoms with Crippen LogP contribution in [0.25, 0.3) is 0 Å². The molecule has 86 valence electrons. The summed E-state index contributed by atoms with van der Waals surface area (Å²) in [5.74, 6) is 0.984. The lowest BCUT2D eigenvalue weighted by atomic mass is 10.1. The van der Waals surface area contributed by atoms with Crippen LogP contribution < -0.4 is 5.32 Å². The van der Waals surface area contributed by atoms with Crippen LogP contribution in [0.5, 0.6) is 0 Å². The van der Waals surface area contributed by atoms with Gasteiger partial charge in [0.2, 0.25) is 0 Å². The molecule has 0 radical (unpaired) electrons. The zero-order valence-corrected chi connectivity index (χ0v) is 9.90. The van der Waals surface area contributed by atoms with Crippen molar-refractivity contribution in [2.75, 3.05) is 7.05 Å². The summed E-state index contributed by atoms with van der Waals surface area (Å²) in [5, 5.41) is 7.65. The third kappa shape index (κ3) is 2.17. The van der Waals surface area contributed by atoms with E-state index in [4.69, 9.17) is 4.42 Å². The highest BCUT2D eigenvalue weighted by Gasteiger charge is 2.15. The monoisotopic (exact) mass is 219 g/mol. The number of aromatic nitrogens is 2. The second kappa shape index (κ2) is 4.53. The molecular weight excluding hydrogens is 202 g/mol. The lowest BCUT2D eigenvalue weighted by molar-refractivity contribution is 0.452. The number of nitrogens with one attached hydrogen (secondary N) is 1. The molecule has 1 N–H and O–H groups in total. The highest BCUT2D eigenvalue weighted by molar-refractivity contribution is 5.15. The molecule has 0 aliphatic carbocycles. The van der Waals surface area contributed by atoms with Gasteiger partial charge in [-0.15, -0.1) is 0 Å². The van der Waals surface area contributed by atoms with E-state index in [-0.39, 0.29) is 6.04 Å². The highest BCUT2D eigenvalue weighted by atomic mass is 16.3. The molecule has 0 bridgehead atoms. The molecule has 0 aliphatic rings. The zero-order valence-electron chi connectivity index (χ0n) is 9.90. The quantitative estimate of drug-likeness (QED) is 0.853. The molecule has 2 aromatic rings. The van der Waals surface area contributed by atoms with E-state index in [9.17, 15) is 0 Å². The molecule has 0 aromatic carbocycles. The minimum atomic E-state index is 0.234. The first-order valence-corrected chi connectivity index (χ1v) is 5.41. The summed E-state index contributed by atoms with van der Waals surface area (Å²) in [4.78, 5) is 0. The van der Waals surface area contributed by atoms with Crippen molar-refractivity contribution in [1.29, 1.82) is 0 Å². The number of aryl methyl sites for hydroxylation is 2. The van der Waals surface area contributed by atoms with E-state index in [1.165, 1.54) is 5.69 Å². The second-order valence-corrected chi connectivity index (χ2v) is 3.96. The Morgan fingerprint density at radius 2 is 2.38 bits per heavy atom. The van der Waals surface area contributed by atoms with E-state index in [2.05, 4.69) is 16.5 Å². The minimum Gasteiger partial charge on any atom is -0.469 e. The molecule has 0 amide bonds. The van der Waals surface area contributed by atoms with Gasteiger partial charge in [-0.1, -0.05) is 0 Å². The van der Waals surface area contributed by atoms with Crippen molar-refractivity contribution in [3.8, 4) is 0 Å². The van der Waals surface area contributed by atoms with Crippen LogP contribution in [0.15, 0.2) is 28.9 Å². The molecule has 0 spiro atoms. The molecule has 1 atom stereocenters. The van der Waals surface area contributed by atoms with Crippen molar-refractivity contribution in [1.82, 2.24) is 15.1 Å². The Morgan fingerprint density at radius 3 is 2.88 bits per heavy atom. The standard InChI is InChI=1S/C12H17N3O/c1-9-7-12(15(3)14-9)11(13-2)8-10-5-4-6-16-10/h4-7,11,13H,8H2,1-3H3. The van der Waals surface area contributed by atoms with Gasteiger partial charge >= 0.3 is 0 Å². The SMILES string of the molecule is CNC(Cc1ccco1)c1cc(C)nn1C. The van der Waals surface area contributed by atoms with Crippen LogP contribution >= 0.6 is 0 Å². The Hall–Kier alpha value is -1.55. The van der Waals surface area contributed by atoms with E-state index in [1.807, 2.05) is 37.8 Å². The summed E-state index contributed by atoms with van der Waals surface area (Å²) < 4.78 is 7.28. The van der Waals surface area contributed by atoms with Crippen LogP contribution in [0.1, 0.15) is 23.2 Å². The lowest BCUT2D eigenvalue weighted by Gasteiger charge is -2.14. The average molecular weight is 219 g/mol. The van der Waals surface area contributed by atoms with Crippen LogP contribution in [-0.4, -0.2) is 16.8 Å². The molecule has 1 unspecified atom stereocenters. The average Bonchev–Trinajstić information content (AvgIpc) is 2.85. The maximum absolute atomic E-state index is 5.36. The number of hydrogen-bond acceptors (Lipinski definition) is 3. The largest absolute Gasteiger partial charge is 0.469 e. The molecule has 0 fully saturated rings. The van der Waals surface area contributed by atoms with Gasteiger partial charge in [0.1, 0.15) is 5.76 Å². The molecule has 2 aromatic heterocycles. The first-order valence-electron chi connectivity index (χ1n) is 5.41. The molecule has 16 heavy (non-hydrogen) atoms. The zero-order chi connectivity index (χ0) is 11.5. The second-order valence-electron chi connectivity index (χ2n) is 3.96. The summed E-state index contributed by atoms with van der Waals surface area (Å²) in [6.45, 7) is 2.00. The fourth-order valence-corrected chi connectivity index (χ4v) is 1.94. The van der Waals surface area contributed by atoms with Gasteiger partial charge in [0.05, 0.1) is 23.7 Å². The number of hydrogen-bond donors (Lipinski definition) is 1. The Bertz CT molecular complexity index is 445. The molecule has 4 nitrogen and oxygen atoms in total. The van der Waals surface area contributed by atoms with Crippen molar-refractivity contribution in [2.24, 2.45) is 7.05 Å². The Balaban J connectivity index is 2.19. The Morgan fingerprint density at radius 1 is 1.56 bits per heavy atom. The van der Waals surface area contributed by atoms with E-state index in [0.717, 1.165) is 17.9 Å². The minimum absolute atomic E-state index is 0.234. The third-order valence-corrected chi connectivity index (χ3v) is 2.73. The molecule has 0 saturated heterocycles. The predicted molar refractivity (Wildman–Crippen MR) is 62.2 cm³/mol. The Labute approximate surface area is 95.3 Å². The topological polar surface area (TPSA) is 43.0 Å². The normalized spacial score (nSPS) is 12.9. The lowest BCUT2D eigenvalue weighted by Crippen LogP contribution is -2.21. The van der Waals surface area contributed by atoms with Crippen molar-refractivity contribution in [3.63, 3.8) is 0 Å². The maximum atomic E-state index is 5.36. The van der Waals surface area contributed by atoms with Crippen molar-refractivity contribution >= 4 is 0 Å². The van der Waals surface area contributed by atoms with Crippen LogP contribution in [0.4, 0.5) is 0 Å². The maximum Gasteiger partial charge on any atom is 0.105 e. The number of rotatable bonds is 4. The Kier molecular flexibility index (Phi) is 3.10. The van der Waals surface area contributed by atoms with Gasteiger partial charge in [0.25, 0.3) is 0 Å². The van der Waals surface area contributed by atoms with Gasteiger partial charge in [-0.2, -0.15) is 5.10 Å². The van der Waals surface area contributed by atoms with Crippen LogP contribution in [0, 0.1) is 6.92 Å². The fourth-order valence-electron chi connectivity index (χ4n) is 1.94. The summed E-state index contributed by atoms with van der Waals surface area (Å²) >= 11 is 0. The van der Waals surface area contributed by atoms with Gasteiger partial charge in [0.15, 0.2) is 0 Å². The third-order valence-electron chi connectivity index (χ3n) is 2.73. The van der Waals surface area contributed by atoms with Gasteiger partial charge in [0, 0.05) is 13.5 Å². The number of furan rings is 1. The van der Waals surface area contributed by atoms with Crippen LogP contribution in [-0.2, 0) is 13.5 Å².